The molecule has 0 atom stereocenters. The third kappa shape index (κ3) is 341. The summed E-state index contributed by atoms with van der Waals surface area (Å²) in [5.41, 5.74) is 0. The van der Waals surface area contributed by atoms with Gasteiger partial charge in [-0.15, -0.1) is 0 Å². The summed E-state index contributed by atoms with van der Waals surface area (Å²) in [5, 5.41) is 0. The minimum Gasteiger partial charge on any atom is -0.248 e. The fraction of sp³-hybridized carbons (Fsp3) is 1.00. The van der Waals surface area contributed by atoms with Crippen molar-refractivity contribution in [2.24, 2.45) is 0 Å². The predicted octanol–water partition coefficient (Wildman–Crippen LogP) is 1.36. The second kappa shape index (κ2) is 1.27. The molecule has 0 bridgehead atoms. The predicted molar refractivity (Wildman–Crippen MR) is 16.2 cm³/mol. The first kappa shape index (κ1) is 3.93. The van der Waals surface area contributed by atoms with Crippen LogP contribution < -0.4 is 0 Å². The Morgan fingerprint density at radius 3 is 1.50 bits per heavy atom. The smallest absolute Gasteiger partial charge is 0.0945 e. The Morgan fingerprint density at radius 2 is 1.50 bits per heavy atom. The molecule has 0 fully saturated rings. The molecule has 0 nitrogen and oxygen atoms in total. The second-order valence-corrected chi connectivity index (χ2v) is 1.01. The van der Waals surface area contributed by atoms with Gasteiger partial charge in [0.05, 0.1) is 6.17 Å². The van der Waals surface area contributed by atoms with E-state index in [0.29, 0.717) is 0 Å². The van der Waals surface area contributed by atoms with Crippen molar-refractivity contribution in [3.8, 4) is 0 Å². The molecule has 0 aliphatic heterocycles. The van der Waals surface area contributed by atoms with Crippen LogP contribution in [0.25, 0.3) is 0 Å². The van der Waals surface area contributed by atoms with Gasteiger partial charge in [0.15, 0.2) is 0 Å². The van der Waals surface area contributed by atoms with Gasteiger partial charge in [-0.3, -0.25) is 0 Å². The van der Waals surface area contributed by atoms with E-state index in [2.05, 4.69) is 0 Å². The molecule has 1 heteroatoms. The van der Waals surface area contributed by atoms with E-state index in [-0.39, 0.29) is 0 Å². The molecule has 0 aromatic rings. The SMILES string of the molecule is CC(C)[18F]. The van der Waals surface area contributed by atoms with Gasteiger partial charge in [0.1, 0.15) is 0 Å². The van der Waals surface area contributed by atoms with E-state index in [1.54, 1.807) is 0 Å². The number of hydrogen-bond acceptors (Lipinski definition) is 0. The van der Waals surface area contributed by atoms with Crippen molar-refractivity contribution in [2.75, 3.05) is 0 Å². The molecule has 0 unspecified atom stereocenters. The summed E-state index contributed by atoms with van der Waals surface area (Å²) in [6.07, 6.45) is -0.667. The molecule has 0 aliphatic rings. The van der Waals surface area contributed by atoms with Crippen LogP contribution in [0.4, 0.5) is 4.39 Å². The van der Waals surface area contributed by atoms with Crippen LogP contribution in [-0.2, 0) is 0 Å². The van der Waals surface area contributed by atoms with E-state index >= 15 is 0 Å². The third-order valence-electron chi connectivity index (χ3n) is 0. The number of alkyl halides is 1. The standard InChI is InChI=1S/C3H7F/c1-3(2)4/h3H,1-2H3/i4-1. The molecule has 0 aromatic heterocycles. The van der Waals surface area contributed by atoms with Crippen molar-refractivity contribution in [1.82, 2.24) is 0 Å². The van der Waals surface area contributed by atoms with Gasteiger partial charge in [0, 0.05) is 0 Å². The maximum Gasteiger partial charge on any atom is 0.0945 e. The highest BCUT2D eigenvalue weighted by molar-refractivity contribution is 4.22. The van der Waals surface area contributed by atoms with Gasteiger partial charge in [0.2, 0.25) is 0 Å². The lowest BCUT2D eigenvalue weighted by Crippen LogP contribution is -1.73. The molecule has 0 radical (unpaired) electrons. The molecule has 0 saturated heterocycles. The van der Waals surface area contributed by atoms with Crippen LogP contribution in [0.1, 0.15) is 13.8 Å². The van der Waals surface area contributed by atoms with E-state index < -0.39 is 6.17 Å². The van der Waals surface area contributed by atoms with Crippen molar-refractivity contribution in [2.45, 2.75) is 20.0 Å². The maximum atomic E-state index is 11.0. The van der Waals surface area contributed by atoms with Crippen molar-refractivity contribution in [3.05, 3.63) is 0 Å². The highest BCUT2D eigenvalue weighted by Crippen LogP contribution is 1.77. The average Bonchev–Trinajstić information content (AvgIpc) is 0.811. The van der Waals surface area contributed by atoms with Gasteiger partial charge in [-0.25, -0.2) is 4.39 Å². The molecule has 0 aromatic carbocycles. The summed E-state index contributed by atoms with van der Waals surface area (Å²) in [5.74, 6) is 0. The molecule has 0 aliphatic carbocycles. The van der Waals surface area contributed by atoms with Crippen LogP contribution >= 0.6 is 0 Å². The van der Waals surface area contributed by atoms with Crippen LogP contribution in [0.2, 0.25) is 0 Å². The molecule has 26 valence electrons. The lowest BCUT2D eigenvalue weighted by Gasteiger charge is -1.74. The van der Waals surface area contributed by atoms with Gasteiger partial charge in [-0.05, 0) is 13.8 Å². The normalized spacial score (nSPS) is 9.00. The average molecular weight is 61.1 g/mol. The summed E-state index contributed by atoms with van der Waals surface area (Å²) >= 11 is 0. The highest BCUT2D eigenvalue weighted by atomic mass is 18.2. The Morgan fingerprint density at radius 1 is 1.50 bits per heavy atom. The second-order valence-electron chi connectivity index (χ2n) is 1.01. The Labute approximate surface area is 25.6 Å². The van der Waals surface area contributed by atoms with Crippen LogP contribution in [-0.4, -0.2) is 6.17 Å². The first-order chi connectivity index (χ1) is 1.73. The van der Waals surface area contributed by atoms with Gasteiger partial charge in [0.25, 0.3) is 0 Å². The molecule has 0 rings (SSSR count). The number of hydrogen-bond donors (Lipinski definition) is 0. The van der Waals surface area contributed by atoms with Crippen molar-refractivity contribution in [3.63, 3.8) is 0 Å². The third-order valence-corrected chi connectivity index (χ3v) is 0. The van der Waals surface area contributed by atoms with Crippen molar-refractivity contribution in [1.29, 1.82) is 0 Å². The maximum absolute atomic E-state index is 11.0. The molecule has 0 spiro atoms. The fourth-order valence-electron chi connectivity index (χ4n) is 0. The lowest BCUT2D eigenvalue weighted by atomic mass is 10.5. The Balaban J connectivity index is 2.32. The quantitative estimate of drug-likeness (QED) is 0.396. The first-order valence-corrected chi connectivity index (χ1v) is 1.37. The zero-order valence-corrected chi connectivity index (χ0v) is 2.96. The molecular formula is C3H7F. The number of rotatable bonds is 0. The summed E-state index contributed by atoms with van der Waals surface area (Å²) in [4.78, 5) is 0. The lowest BCUT2D eigenvalue weighted by molar-refractivity contribution is 0.391. The fourth-order valence-corrected chi connectivity index (χ4v) is 0. The minimum absolute atomic E-state index is 0.667. The van der Waals surface area contributed by atoms with E-state index in [0.717, 1.165) is 0 Å². The molecule has 0 amide bonds. The molecular weight excluding hydrogens is 54.0 g/mol. The zero-order valence-electron chi connectivity index (χ0n) is 2.96. The van der Waals surface area contributed by atoms with E-state index in [9.17, 15) is 4.39 Å². The minimum atomic E-state index is -0.667. The molecule has 0 N–H and O–H groups in total. The van der Waals surface area contributed by atoms with Gasteiger partial charge in [-0.1, -0.05) is 0 Å². The highest BCUT2D eigenvalue weighted by Gasteiger charge is 1.73. The first-order valence-electron chi connectivity index (χ1n) is 1.37. The summed E-state index contributed by atoms with van der Waals surface area (Å²) in [7, 11) is 0. The molecule has 0 heterocycles. The van der Waals surface area contributed by atoms with Crippen LogP contribution in [0.15, 0.2) is 0 Å². The van der Waals surface area contributed by atoms with Crippen LogP contribution in [0, 0.1) is 0 Å². The van der Waals surface area contributed by atoms with E-state index in [1.165, 1.54) is 13.8 Å². The molecule has 0 saturated carbocycles. The van der Waals surface area contributed by atoms with Gasteiger partial charge < -0.3 is 0 Å². The van der Waals surface area contributed by atoms with Crippen molar-refractivity contribution < 1.29 is 4.39 Å². The number of halogens is 1. The zero-order chi connectivity index (χ0) is 3.58. The van der Waals surface area contributed by atoms with Gasteiger partial charge in [-0.2, -0.15) is 0 Å². The summed E-state index contributed by atoms with van der Waals surface area (Å²) in [6.45, 7) is 3.00. The molecule has 4 heavy (non-hydrogen) atoms. The van der Waals surface area contributed by atoms with Crippen LogP contribution in [0.5, 0.6) is 0 Å². The largest absolute Gasteiger partial charge is 0.248 e. The van der Waals surface area contributed by atoms with Gasteiger partial charge >= 0.3 is 0 Å². The summed E-state index contributed by atoms with van der Waals surface area (Å²) < 4.78 is 11.0. The Bertz CT molecular complexity index is 8.00. The Kier molecular flexibility index (Phi) is 1.25. The summed E-state index contributed by atoms with van der Waals surface area (Å²) in [6, 6.07) is 0. The van der Waals surface area contributed by atoms with Crippen molar-refractivity contribution >= 4 is 0 Å². The monoisotopic (exact) mass is 61.1 g/mol. The Hall–Kier alpha value is -0.0700. The van der Waals surface area contributed by atoms with E-state index in [1.807, 2.05) is 0 Å². The van der Waals surface area contributed by atoms with Crippen LogP contribution in [0.3, 0.4) is 0 Å². The topological polar surface area (TPSA) is 0 Å². The van der Waals surface area contributed by atoms with E-state index in [4.69, 9.17) is 0 Å².